The van der Waals surface area contributed by atoms with Crippen LogP contribution in [0.3, 0.4) is 0 Å². The van der Waals surface area contributed by atoms with Gasteiger partial charge in [0.2, 0.25) is 5.76 Å². The molecule has 6 heteroatoms. The molecule has 0 radical (unpaired) electrons. The number of esters is 1. The van der Waals surface area contributed by atoms with Crippen molar-refractivity contribution < 1.29 is 18.7 Å². The second kappa shape index (κ2) is 6.43. The van der Waals surface area contributed by atoms with E-state index in [1.165, 1.54) is 7.11 Å². The Labute approximate surface area is 128 Å². The second-order valence-electron chi connectivity index (χ2n) is 5.09. The Kier molecular flexibility index (Phi) is 4.60. The smallest absolute Gasteiger partial charge is 0.339 e. The number of anilines is 1. The van der Waals surface area contributed by atoms with Crippen LogP contribution >= 0.6 is 0 Å². The largest absolute Gasteiger partial charge is 0.465 e. The van der Waals surface area contributed by atoms with Crippen molar-refractivity contribution in [3.05, 3.63) is 47.2 Å². The number of rotatable bonds is 4. The number of hydrogen-bond acceptors (Lipinski definition) is 5. The fourth-order valence-electron chi connectivity index (χ4n) is 2.06. The van der Waals surface area contributed by atoms with Gasteiger partial charge in [-0.25, -0.2) is 9.78 Å². The first-order chi connectivity index (χ1) is 10.4. The molecular formula is C16H18N2O4. The summed E-state index contributed by atoms with van der Waals surface area (Å²) in [5.74, 6) is -0.328. The normalized spacial score (nSPS) is 10.6. The summed E-state index contributed by atoms with van der Waals surface area (Å²) < 4.78 is 10.1. The third kappa shape index (κ3) is 3.16. The molecule has 1 amide bonds. The third-order valence-corrected chi connectivity index (χ3v) is 3.09. The van der Waals surface area contributed by atoms with E-state index in [1.54, 1.807) is 31.2 Å². The average Bonchev–Trinajstić information content (AvgIpc) is 2.89. The maximum Gasteiger partial charge on any atom is 0.339 e. The molecule has 1 heterocycles. The molecule has 0 aliphatic heterocycles. The topological polar surface area (TPSA) is 81.4 Å². The minimum Gasteiger partial charge on any atom is -0.465 e. The molecule has 22 heavy (non-hydrogen) atoms. The van der Waals surface area contributed by atoms with Gasteiger partial charge in [-0.15, -0.1) is 0 Å². The number of methoxy groups -OCH3 is 1. The van der Waals surface area contributed by atoms with Gasteiger partial charge in [-0.2, -0.15) is 0 Å². The summed E-state index contributed by atoms with van der Waals surface area (Å²) in [6.07, 6.45) is 0. The van der Waals surface area contributed by atoms with Gasteiger partial charge in [-0.3, -0.25) is 4.79 Å². The van der Waals surface area contributed by atoms with E-state index in [2.05, 4.69) is 10.3 Å². The molecule has 0 spiro atoms. The number of nitrogens with zero attached hydrogens (tertiary/aromatic N) is 1. The number of para-hydroxylation sites is 1. The first-order valence-electron chi connectivity index (χ1n) is 6.90. The van der Waals surface area contributed by atoms with Crippen molar-refractivity contribution in [3.63, 3.8) is 0 Å². The third-order valence-electron chi connectivity index (χ3n) is 3.09. The van der Waals surface area contributed by atoms with E-state index in [-0.39, 0.29) is 17.2 Å². The molecule has 0 aliphatic carbocycles. The first kappa shape index (κ1) is 15.8. The molecule has 1 aromatic carbocycles. The molecule has 0 saturated heterocycles. The summed E-state index contributed by atoms with van der Waals surface area (Å²) in [7, 11) is 1.29. The predicted molar refractivity (Wildman–Crippen MR) is 81.1 cm³/mol. The number of hydrogen-bond donors (Lipinski definition) is 1. The standard InChI is InChI=1S/C16H18N2O4/c1-9(2)13-14(22-10(3)17-13)15(19)18-12-8-6-5-7-11(12)16(20)21-4/h5-9H,1-4H3,(H,18,19). The van der Waals surface area contributed by atoms with Gasteiger partial charge < -0.3 is 14.5 Å². The zero-order chi connectivity index (χ0) is 16.3. The van der Waals surface area contributed by atoms with Gasteiger partial charge >= 0.3 is 5.97 Å². The van der Waals surface area contributed by atoms with Gasteiger partial charge in [0.15, 0.2) is 5.89 Å². The van der Waals surface area contributed by atoms with Gasteiger partial charge in [0.25, 0.3) is 5.91 Å². The van der Waals surface area contributed by atoms with E-state index >= 15 is 0 Å². The van der Waals surface area contributed by atoms with Crippen molar-refractivity contribution in [2.24, 2.45) is 0 Å². The van der Waals surface area contributed by atoms with Crippen molar-refractivity contribution in [2.75, 3.05) is 12.4 Å². The number of aromatic nitrogens is 1. The number of aryl methyl sites for hydroxylation is 1. The lowest BCUT2D eigenvalue weighted by Gasteiger charge is -2.09. The zero-order valence-electron chi connectivity index (χ0n) is 13.0. The minimum absolute atomic E-state index is 0.0500. The van der Waals surface area contributed by atoms with Crippen LogP contribution in [-0.4, -0.2) is 24.0 Å². The Balaban J connectivity index is 2.32. The molecule has 1 N–H and O–H groups in total. The Morgan fingerprint density at radius 2 is 1.95 bits per heavy atom. The summed E-state index contributed by atoms with van der Waals surface area (Å²) in [6, 6.07) is 6.62. The summed E-state index contributed by atoms with van der Waals surface area (Å²) >= 11 is 0. The molecule has 0 aliphatic rings. The second-order valence-corrected chi connectivity index (χ2v) is 5.09. The Bertz CT molecular complexity index is 704. The number of carbonyl (C=O) groups excluding carboxylic acids is 2. The average molecular weight is 302 g/mol. The van der Waals surface area contributed by atoms with E-state index in [1.807, 2.05) is 13.8 Å². The quantitative estimate of drug-likeness (QED) is 0.877. The summed E-state index contributed by atoms with van der Waals surface area (Å²) in [4.78, 5) is 28.4. The van der Waals surface area contributed by atoms with Crippen molar-refractivity contribution in [2.45, 2.75) is 26.7 Å². The highest BCUT2D eigenvalue weighted by Gasteiger charge is 2.22. The van der Waals surface area contributed by atoms with Gasteiger partial charge in [-0.1, -0.05) is 26.0 Å². The van der Waals surface area contributed by atoms with E-state index in [4.69, 9.17) is 9.15 Å². The van der Waals surface area contributed by atoms with Gasteiger partial charge in [0, 0.05) is 6.92 Å². The maximum absolute atomic E-state index is 12.4. The number of ether oxygens (including phenoxy) is 1. The highest BCUT2D eigenvalue weighted by Crippen LogP contribution is 2.22. The summed E-state index contributed by atoms with van der Waals surface area (Å²) in [6.45, 7) is 5.54. The molecule has 0 unspecified atom stereocenters. The molecule has 116 valence electrons. The molecular weight excluding hydrogens is 284 g/mol. The Hall–Kier alpha value is -2.63. The van der Waals surface area contributed by atoms with Crippen molar-refractivity contribution in [1.29, 1.82) is 0 Å². The number of benzene rings is 1. The van der Waals surface area contributed by atoms with Crippen LogP contribution in [0.2, 0.25) is 0 Å². The minimum atomic E-state index is -0.520. The fourth-order valence-corrected chi connectivity index (χ4v) is 2.06. The number of nitrogens with one attached hydrogen (secondary N) is 1. The van der Waals surface area contributed by atoms with Crippen molar-refractivity contribution in [3.8, 4) is 0 Å². The lowest BCUT2D eigenvalue weighted by atomic mass is 10.1. The molecule has 1 aromatic heterocycles. The van der Waals surface area contributed by atoms with Crippen molar-refractivity contribution >= 4 is 17.6 Å². The van der Waals surface area contributed by atoms with Crippen LogP contribution in [0, 0.1) is 6.92 Å². The Morgan fingerprint density at radius 1 is 1.27 bits per heavy atom. The van der Waals surface area contributed by atoms with E-state index in [9.17, 15) is 9.59 Å². The monoisotopic (exact) mass is 302 g/mol. The first-order valence-corrected chi connectivity index (χ1v) is 6.90. The SMILES string of the molecule is COC(=O)c1ccccc1NC(=O)c1oc(C)nc1C(C)C. The fraction of sp³-hybridized carbons (Fsp3) is 0.312. The summed E-state index contributed by atoms with van der Waals surface area (Å²) in [5, 5.41) is 2.68. The number of amides is 1. The molecule has 0 fully saturated rings. The molecule has 2 aromatic rings. The molecule has 6 nitrogen and oxygen atoms in total. The van der Waals surface area contributed by atoms with E-state index in [0.717, 1.165) is 0 Å². The number of oxazole rings is 1. The van der Waals surface area contributed by atoms with Crippen LogP contribution in [0.4, 0.5) is 5.69 Å². The highest BCUT2D eigenvalue weighted by molar-refractivity contribution is 6.07. The van der Waals surface area contributed by atoms with Crippen LogP contribution in [0.15, 0.2) is 28.7 Å². The van der Waals surface area contributed by atoms with Crippen molar-refractivity contribution in [1.82, 2.24) is 4.98 Å². The van der Waals surface area contributed by atoms with E-state index < -0.39 is 11.9 Å². The molecule has 0 atom stereocenters. The van der Waals surface area contributed by atoms with Crippen LogP contribution in [0.25, 0.3) is 0 Å². The predicted octanol–water partition coefficient (Wildman–Crippen LogP) is 3.15. The lowest BCUT2D eigenvalue weighted by molar-refractivity contribution is 0.0602. The van der Waals surface area contributed by atoms with Crippen LogP contribution in [0.1, 0.15) is 52.3 Å². The zero-order valence-corrected chi connectivity index (χ0v) is 13.0. The van der Waals surface area contributed by atoms with Crippen LogP contribution in [0.5, 0.6) is 0 Å². The van der Waals surface area contributed by atoms with E-state index in [0.29, 0.717) is 17.3 Å². The molecule has 2 rings (SSSR count). The van der Waals surface area contributed by atoms with Crippen LogP contribution < -0.4 is 5.32 Å². The Morgan fingerprint density at radius 3 is 2.59 bits per heavy atom. The molecule has 0 bridgehead atoms. The summed E-state index contributed by atoms with van der Waals surface area (Å²) in [5.41, 5.74) is 1.23. The lowest BCUT2D eigenvalue weighted by Crippen LogP contribution is -2.16. The van der Waals surface area contributed by atoms with Gasteiger partial charge in [-0.05, 0) is 18.1 Å². The van der Waals surface area contributed by atoms with Crippen LogP contribution in [-0.2, 0) is 4.74 Å². The van der Waals surface area contributed by atoms with Gasteiger partial charge in [0.1, 0.15) is 0 Å². The van der Waals surface area contributed by atoms with Gasteiger partial charge in [0.05, 0.1) is 24.1 Å². The molecule has 0 saturated carbocycles. The maximum atomic E-state index is 12.4. The highest BCUT2D eigenvalue weighted by atomic mass is 16.5. The number of carbonyl (C=O) groups is 2.